The van der Waals surface area contributed by atoms with Crippen LogP contribution in [0.1, 0.15) is 30.7 Å². The van der Waals surface area contributed by atoms with E-state index >= 15 is 0 Å². The van der Waals surface area contributed by atoms with Crippen LogP contribution in [0.2, 0.25) is 0 Å². The fourth-order valence-electron chi connectivity index (χ4n) is 3.54. The molecule has 1 aliphatic carbocycles. The zero-order chi connectivity index (χ0) is 17.1. The SMILES string of the molecule is C=C(C)CSc1nnc2n3ncnc3c3c4c(sc3n12)CC(C)CC4. The summed E-state index contributed by atoms with van der Waals surface area (Å²) in [6, 6.07) is 0. The smallest absolute Gasteiger partial charge is 0.244 e. The van der Waals surface area contributed by atoms with Crippen molar-refractivity contribution in [1.82, 2.24) is 29.2 Å². The number of rotatable bonds is 3. The molecule has 0 spiro atoms. The molecule has 5 rings (SSSR count). The Hall–Kier alpha value is -1.93. The molecule has 0 saturated carbocycles. The van der Waals surface area contributed by atoms with Crippen molar-refractivity contribution in [2.24, 2.45) is 5.92 Å². The Morgan fingerprint density at radius 3 is 3.16 bits per heavy atom. The third kappa shape index (κ3) is 2.23. The topological polar surface area (TPSA) is 60.4 Å². The Labute approximate surface area is 153 Å². The van der Waals surface area contributed by atoms with Crippen LogP contribution >= 0.6 is 23.1 Å². The first kappa shape index (κ1) is 15.3. The summed E-state index contributed by atoms with van der Waals surface area (Å²) >= 11 is 3.54. The summed E-state index contributed by atoms with van der Waals surface area (Å²) in [6.07, 6.45) is 5.10. The third-order valence-corrected chi connectivity index (χ3v) is 7.12. The Morgan fingerprint density at radius 1 is 1.44 bits per heavy atom. The molecule has 0 radical (unpaired) electrons. The Morgan fingerprint density at radius 2 is 2.32 bits per heavy atom. The summed E-state index contributed by atoms with van der Waals surface area (Å²) < 4.78 is 3.98. The minimum atomic E-state index is 0.732. The molecule has 0 N–H and O–H groups in total. The first-order valence-electron chi connectivity index (χ1n) is 8.41. The fraction of sp³-hybridized carbons (Fsp3) is 0.412. The van der Waals surface area contributed by atoms with Crippen LogP contribution in [0.4, 0.5) is 0 Å². The average molecular weight is 371 g/mol. The summed E-state index contributed by atoms with van der Waals surface area (Å²) in [4.78, 5) is 7.22. The highest BCUT2D eigenvalue weighted by Crippen LogP contribution is 2.40. The van der Waals surface area contributed by atoms with Gasteiger partial charge in [0.25, 0.3) is 5.78 Å². The van der Waals surface area contributed by atoms with Crippen molar-refractivity contribution < 1.29 is 0 Å². The monoisotopic (exact) mass is 370 g/mol. The molecule has 0 amide bonds. The fourth-order valence-corrected chi connectivity index (χ4v) is 5.88. The number of aromatic nitrogens is 6. The van der Waals surface area contributed by atoms with Crippen LogP contribution in [0, 0.1) is 5.92 Å². The minimum Gasteiger partial charge on any atom is -0.244 e. The van der Waals surface area contributed by atoms with Crippen LogP contribution in [-0.4, -0.2) is 34.9 Å². The van der Waals surface area contributed by atoms with E-state index in [0.717, 1.165) is 46.7 Å². The van der Waals surface area contributed by atoms with Crippen LogP contribution in [-0.2, 0) is 12.8 Å². The second kappa shape index (κ2) is 5.54. The number of aryl methyl sites for hydroxylation is 1. The standard InChI is InChI=1S/C17H18N6S2/c1-9(2)7-24-17-21-20-16-22(17)15-13(14-18-8-19-23(14)16)11-5-4-10(3)6-12(11)25-15/h8,10H,1,4-7H2,2-3H3. The van der Waals surface area contributed by atoms with Crippen molar-refractivity contribution in [3.63, 3.8) is 0 Å². The molecule has 0 aromatic carbocycles. The van der Waals surface area contributed by atoms with Crippen molar-refractivity contribution in [2.45, 2.75) is 38.3 Å². The summed E-state index contributed by atoms with van der Waals surface area (Å²) in [7, 11) is 0. The molecule has 0 fully saturated rings. The lowest BCUT2D eigenvalue weighted by Crippen LogP contribution is -2.08. The molecule has 0 saturated heterocycles. The van der Waals surface area contributed by atoms with Crippen LogP contribution in [0.3, 0.4) is 0 Å². The van der Waals surface area contributed by atoms with E-state index < -0.39 is 0 Å². The molecule has 1 aliphatic rings. The van der Waals surface area contributed by atoms with Crippen LogP contribution in [0.15, 0.2) is 23.6 Å². The van der Waals surface area contributed by atoms with E-state index in [4.69, 9.17) is 0 Å². The lowest BCUT2D eigenvalue weighted by molar-refractivity contribution is 0.509. The number of thiophene rings is 1. The summed E-state index contributed by atoms with van der Waals surface area (Å²) in [5, 5.41) is 15.4. The van der Waals surface area contributed by atoms with Gasteiger partial charge in [-0.05, 0) is 37.7 Å². The molecule has 25 heavy (non-hydrogen) atoms. The van der Waals surface area contributed by atoms with Gasteiger partial charge in [0.05, 0.1) is 5.39 Å². The van der Waals surface area contributed by atoms with Crippen LogP contribution in [0.5, 0.6) is 0 Å². The number of hydrogen-bond donors (Lipinski definition) is 0. The number of thioether (sulfide) groups is 1. The lowest BCUT2D eigenvalue weighted by atomic mass is 9.89. The van der Waals surface area contributed by atoms with Gasteiger partial charge in [-0.3, -0.25) is 0 Å². The van der Waals surface area contributed by atoms with Gasteiger partial charge in [0, 0.05) is 10.6 Å². The number of hydrogen-bond acceptors (Lipinski definition) is 6. The highest BCUT2D eigenvalue weighted by Gasteiger charge is 2.26. The highest BCUT2D eigenvalue weighted by atomic mass is 32.2. The quantitative estimate of drug-likeness (QED) is 0.406. The van der Waals surface area contributed by atoms with Crippen molar-refractivity contribution in [3.05, 3.63) is 28.9 Å². The Balaban J connectivity index is 1.86. The van der Waals surface area contributed by atoms with Gasteiger partial charge < -0.3 is 0 Å². The number of nitrogens with zero attached hydrogens (tertiary/aromatic N) is 6. The molecule has 1 atom stereocenters. The van der Waals surface area contributed by atoms with E-state index in [1.54, 1.807) is 18.1 Å². The van der Waals surface area contributed by atoms with Crippen LogP contribution in [0.25, 0.3) is 21.6 Å². The maximum atomic E-state index is 4.54. The zero-order valence-electron chi connectivity index (χ0n) is 14.2. The summed E-state index contributed by atoms with van der Waals surface area (Å²) in [5.41, 5.74) is 3.47. The molecule has 4 aromatic rings. The molecule has 0 bridgehead atoms. The van der Waals surface area contributed by atoms with Gasteiger partial charge >= 0.3 is 0 Å². The molecule has 4 aromatic heterocycles. The molecule has 0 aliphatic heterocycles. The van der Waals surface area contributed by atoms with Crippen LogP contribution < -0.4 is 0 Å². The third-order valence-electron chi connectivity index (χ3n) is 4.72. The zero-order valence-corrected chi connectivity index (χ0v) is 15.8. The van der Waals surface area contributed by atoms with E-state index in [1.807, 2.05) is 22.8 Å². The minimum absolute atomic E-state index is 0.732. The predicted octanol–water partition coefficient (Wildman–Crippen LogP) is 3.78. The first-order chi connectivity index (χ1) is 12.1. The highest BCUT2D eigenvalue weighted by molar-refractivity contribution is 7.99. The van der Waals surface area contributed by atoms with Gasteiger partial charge in [-0.15, -0.1) is 21.5 Å². The summed E-state index contributed by atoms with van der Waals surface area (Å²) in [5.74, 6) is 2.30. The molecule has 4 heterocycles. The molecule has 128 valence electrons. The maximum Gasteiger partial charge on any atom is 0.260 e. The summed E-state index contributed by atoms with van der Waals surface area (Å²) in [6.45, 7) is 8.37. The molecule has 6 nitrogen and oxygen atoms in total. The average Bonchev–Trinajstić information content (AvgIpc) is 3.27. The normalized spacial score (nSPS) is 17.6. The van der Waals surface area contributed by atoms with Gasteiger partial charge in [-0.25, -0.2) is 9.38 Å². The number of fused-ring (bicyclic) bond motifs is 8. The predicted molar refractivity (Wildman–Crippen MR) is 102 cm³/mol. The van der Waals surface area contributed by atoms with Crippen molar-refractivity contribution in [3.8, 4) is 0 Å². The van der Waals surface area contributed by atoms with Crippen molar-refractivity contribution in [2.75, 3.05) is 5.75 Å². The Bertz CT molecular complexity index is 1130. The maximum absolute atomic E-state index is 4.54. The largest absolute Gasteiger partial charge is 0.260 e. The van der Waals surface area contributed by atoms with Crippen molar-refractivity contribution >= 4 is 44.7 Å². The molecule has 1 unspecified atom stereocenters. The molecule has 8 heteroatoms. The van der Waals surface area contributed by atoms with Gasteiger partial charge in [-0.1, -0.05) is 30.8 Å². The van der Waals surface area contributed by atoms with Gasteiger partial charge in [0.15, 0.2) is 10.8 Å². The van der Waals surface area contributed by atoms with Crippen molar-refractivity contribution in [1.29, 1.82) is 0 Å². The van der Waals surface area contributed by atoms with E-state index in [1.165, 1.54) is 27.1 Å². The van der Waals surface area contributed by atoms with Gasteiger partial charge in [-0.2, -0.15) is 9.61 Å². The van der Waals surface area contributed by atoms with E-state index in [-0.39, 0.29) is 0 Å². The Kier molecular flexibility index (Phi) is 3.40. The first-order valence-corrected chi connectivity index (χ1v) is 10.2. The van der Waals surface area contributed by atoms with E-state index in [9.17, 15) is 0 Å². The lowest BCUT2D eigenvalue weighted by Gasteiger charge is -2.17. The van der Waals surface area contributed by atoms with Gasteiger partial charge in [0.2, 0.25) is 0 Å². The van der Waals surface area contributed by atoms with Gasteiger partial charge in [0.1, 0.15) is 11.2 Å². The second-order valence-electron chi connectivity index (χ2n) is 6.89. The van der Waals surface area contributed by atoms with E-state index in [0.29, 0.717) is 0 Å². The van der Waals surface area contributed by atoms with E-state index in [2.05, 4.69) is 38.2 Å². The molecular formula is C17H18N6S2. The molecular weight excluding hydrogens is 352 g/mol. The second-order valence-corrected chi connectivity index (χ2v) is 8.92.